The summed E-state index contributed by atoms with van der Waals surface area (Å²) in [4.78, 5) is 11.8. The van der Waals surface area contributed by atoms with E-state index in [-0.39, 0.29) is 17.8 Å². The third-order valence-corrected chi connectivity index (χ3v) is 2.42. The number of rotatable bonds is 4. The highest BCUT2D eigenvalue weighted by molar-refractivity contribution is 5.95. The van der Waals surface area contributed by atoms with E-state index >= 15 is 0 Å². The Bertz CT molecular complexity index is 626. The molecule has 0 radical (unpaired) electrons. The summed E-state index contributed by atoms with van der Waals surface area (Å²) in [7, 11) is 0. The number of hydrogen-bond donors (Lipinski definition) is 2. The van der Waals surface area contributed by atoms with Crippen molar-refractivity contribution in [3.05, 3.63) is 41.8 Å². The van der Waals surface area contributed by atoms with Crippen LogP contribution in [0, 0.1) is 0 Å². The van der Waals surface area contributed by atoms with Crippen LogP contribution in [0.4, 0.5) is 18.9 Å². The van der Waals surface area contributed by atoms with Gasteiger partial charge in [0.05, 0.1) is 12.2 Å². The molecule has 0 aliphatic heterocycles. The maximum Gasteiger partial charge on any atom is 0.573 e. The molecule has 0 saturated carbocycles. The highest BCUT2D eigenvalue weighted by Gasteiger charge is 2.32. The smallest absolute Gasteiger partial charge is 0.404 e. The third-order valence-electron chi connectivity index (χ3n) is 2.42. The van der Waals surface area contributed by atoms with E-state index in [0.717, 1.165) is 12.1 Å². The number of carbonyl (C=O) groups excluding carboxylic acids is 1. The van der Waals surface area contributed by atoms with Gasteiger partial charge in [-0.1, -0.05) is 5.16 Å². The molecule has 6 nitrogen and oxygen atoms in total. The van der Waals surface area contributed by atoms with Gasteiger partial charge in [0.1, 0.15) is 12.0 Å². The number of aromatic nitrogens is 1. The predicted molar refractivity (Wildman–Crippen MR) is 65.2 cm³/mol. The average molecular weight is 301 g/mol. The molecule has 0 aliphatic rings. The van der Waals surface area contributed by atoms with Crippen molar-refractivity contribution < 1.29 is 27.2 Å². The van der Waals surface area contributed by atoms with Gasteiger partial charge in [0, 0.05) is 11.6 Å². The summed E-state index contributed by atoms with van der Waals surface area (Å²) in [6.07, 6.45) is -3.49. The number of carbonyl (C=O) groups is 1. The number of benzene rings is 1. The largest absolute Gasteiger partial charge is 0.573 e. The summed E-state index contributed by atoms with van der Waals surface area (Å²) in [6.45, 7) is 0.121. The van der Waals surface area contributed by atoms with Gasteiger partial charge in [0.15, 0.2) is 5.75 Å². The van der Waals surface area contributed by atoms with E-state index in [9.17, 15) is 18.0 Å². The van der Waals surface area contributed by atoms with Crippen molar-refractivity contribution in [2.75, 3.05) is 5.73 Å². The Labute approximate surface area is 116 Å². The predicted octanol–water partition coefficient (Wildman–Crippen LogP) is 2.09. The van der Waals surface area contributed by atoms with Crippen molar-refractivity contribution in [2.45, 2.75) is 12.9 Å². The second-order valence-corrected chi connectivity index (χ2v) is 3.97. The minimum absolute atomic E-state index is 0.102. The lowest BCUT2D eigenvalue weighted by atomic mass is 10.1. The second kappa shape index (κ2) is 5.73. The molecule has 3 N–H and O–H groups in total. The van der Waals surface area contributed by atoms with E-state index in [0.29, 0.717) is 5.69 Å². The van der Waals surface area contributed by atoms with Gasteiger partial charge in [-0.25, -0.2) is 0 Å². The van der Waals surface area contributed by atoms with Gasteiger partial charge in [0.2, 0.25) is 0 Å². The first-order valence-corrected chi connectivity index (χ1v) is 5.68. The Balaban J connectivity index is 2.03. The van der Waals surface area contributed by atoms with Crippen molar-refractivity contribution in [3.63, 3.8) is 0 Å². The molecule has 9 heteroatoms. The molecule has 0 unspecified atom stereocenters. The molecule has 0 saturated heterocycles. The number of nitrogens with one attached hydrogen (secondary N) is 1. The summed E-state index contributed by atoms with van der Waals surface area (Å²) in [5.41, 5.74) is 5.74. The lowest BCUT2D eigenvalue weighted by Gasteiger charge is -2.12. The molecule has 0 atom stereocenters. The fourth-order valence-corrected chi connectivity index (χ4v) is 1.51. The zero-order chi connectivity index (χ0) is 15.5. The number of amides is 1. The van der Waals surface area contributed by atoms with Crippen LogP contribution in [-0.2, 0) is 6.54 Å². The average Bonchev–Trinajstić information content (AvgIpc) is 2.90. The lowest BCUT2D eigenvalue weighted by molar-refractivity contribution is -0.274. The zero-order valence-corrected chi connectivity index (χ0v) is 10.5. The lowest BCUT2D eigenvalue weighted by Crippen LogP contribution is -2.23. The second-order valence-electron chi connectivity index (χ2n) is 3.97. The number of alkyl halides is 3. The van der Waals surface area contributed by atoms with Crippen molar-refractivity contribution in [1.82, 2.24) is 10.5 Å². The Morgan fingerprint density at radius 2 is 2.14 bits per heavy atom. The Hall–Kier alpha value is -2.71. The van der Waals surface area contributed by atoms with Crippen LogP contribution in [-0.4, -0.2) is 17.4 Å². The maximum absolute atomic E-state index is 12.1. The molecule has 0 bridgehead atoms. The number of nitrogens with zero attached hydrogens (tertiary/aromatic N) is 1. The van der Waals surface area contributed by atoms with Gasteiger partial charge in [-0.15, -0.1) is 13.2 Å². The van der Waals surface area contributed by atoms with E-state index < -0.39 is 18.0 Å². The Kier molecular flexibility index (Phi) is 4.01. The molecule has 21 heavy (non-hydrogen) atoms. The van der Waals surface area contributed by atoms with Gasteiger partial charge in [-0.2, -0.15) is 0 Å². The molecule has 2 rings (SSSR count). The number of nitrogen functional groups attached to an aromatic ring is 1. The Morgan fingerprint density at radius 1 is 1.38 bits per heavy atom. The number of anilines is 1. The van der Waals surface area contributed by atoms with Crippen LogP contribution in [0.25, 0.3) is 0 Å². The number of hydrogen-bond acceptors (Lipinski definition) is 5. The quantitative estimate of drug-likeness (QED) is 0.844. The summed E-state index contributed by atoms with van der Waals surface area (Å²) in [5, 5.41) is 6.11. The van der Waals surface area contributed by atoms with Crippen LogP contribution >= 0.6 is 0 Å². The fourth-order valence-electron chi connectivity index (χ4n) is 1.51. The van der Waals surface area contributed by atoms with Gasteiger partial charge in [-0.05, 0) is 18.2 Å². The molecule has 1 amide bonds. The molecule has 0 aliphatic carbocycles. The van der Waals surface area contributed by atoms with Crippen molar-refractivity contribution >= 4 is 11.6 Å². The molecule has 2 aromatic rings. The van der Waals surface area contributed by atoms with E-state index in [1.165, 1.54) is 12.3 Å². The van der Waals surface area contributed by atoms with Crippen LogP contribution in [0.15, 0.2) is 35.1 Å². The van der Waals surface area contributed by atoms with Crippen molar-refractivity contribution in [2.24, 2.45) is 0 Å². The summed E-state index contributed by atoms with van der Waals surface area (Å²) >= 11 is 0. The molecule has 1 heterocycles. The Morgan fingerprint density at radius 3 is 2.71 bits per heavy atom. The summed E-state index contributed by atoms with van der Waals surface area (Å²) in [6, 6.07) is 4.82. The first-order chi connectivity index (χ1) is 9.85. The highest BCUT2D eigenvalue weighted by Crippen LogP contribution is 2.28. The topological polar surface area (TPSA) is 90.4 Å². The highest BCUT2D eigenvalue weighted by atomic mass is 19.4. The third kappa shape index (κ3) is 4.13. The van der Waals surface area contributed by atoms with Gasteiger partial charge < -0.3 is 20.3 Å². The first-order valence-electron chi connectivity index (χ1n) is 5.68. The number of halogens is 3. The van der Waals surface area contributed by atoms with Crippen LogP contribution in [0.1, 0.15) is 16.1 Å². The minimum Gasteiger partial charge on any atom is -0.404 e. The number of nitrogens with two attached hydrogens (primary N) is 1. The monoisotopic (exact) mass is 301 g/mol. The minimum atomic E-state index is -4.84. The normalized spacial score (nSPS) is 11.2. The maximum atomic E-state index is 12.1. The standard InChI is InChI=1S/C12H10F3N3O3/c13-12(14,15)21-10-2-1-7(5-9(10)16)11(19)17-6-8-3-4-20-18-8/h1-5H,6,16H2,(H,17,19). The molecule has 1 aromatic heterocycles. The van der Waals surface area contributed by atoms with Gasteiger partial charge in [-0.3, -0.25) is 4.79 Å². The molecular weight excluding hydrogens is 291 g/mol. The van der Waals surface area contributed by atoms with Crippen LogP contribution in [0.2, 0.25) is 0 Å². The number of ether oxygens (including phenoxy) is 1. The summed E-state index contributed by atoms with van der Waals surface area (Å²) in [5.74, 6) is -1.07. The van der Waals surface area contributed by atoms with E-state index in [1.807, 2.05) is 0 Å². The first kappa shape index (κ1) is 14.7. The van der Waals surface area contributed by atoms with Crippen molar-refractivity contribution in [1.29, 1.82) is 0 Å². The van der Waals surface area contributed by atoms with Gasteiger partial charge >= 0.3 is 6.36 Å². The fraction of sp³-hybridized carbons (Fsp3) is 0.167. The molecule has 0 fully saturated rings. The van der Waals surface area contributed by atoms with E-state index in [2.05, 4.69) is 19.7 Å². The van der Waals surface area contributed by atoms with E-state index in [4.69, 9.17) is 5.73 Å². The SMILES string of the molecule is Nc1cc(C(=O)NCc2ccon2)ccc1OC(F)(F)F. The molecule has 0 spiro atoms. The molecule has 1 aromatic carbocycles. The van der Waals surface area contributed by atoms with Gasteiger partial charge in [0.25, 0.3) is 5.91 Å². The van der Waals surface area contributed by atoms with Crippen LogP contribution < -0.4 is 15.8 Å². The zero-order valence-electron chi connectivity index (χ0n) is 10.5. The van der Waals surface area contributed by atoms with Crippen LogP contribution in [0.3, 0.4) is 0 Å². The van der Waals surface area contributed by atoms with Crippen molar-refractivity contribution in [3.8, 4) is 5.75 Å². The molecule has 112 valence electrons. The molecular formula is C12H10F3N3O3. The summed E-state index contributed by atoms with van der Waals surface area (Å²) < 4.78 is 44.6. The van der Waals surface area contributed by atoms with E-state index in [1.54, 1.807) is 6.07 Å². The van der Waals surface area contributed by atoms with Crippen LogP contribution in [0.5, 0.6) is 5.75 Å².